The highest BCUT2D eigenvalue weighted by Crippen LogP contribution is 2.32. The van der Waals surface area contributed by atoms with Crippen LogP contribution in [0.5, 0.6) is 0 Å². The third-order valence-corrected chi connectivity index (χ3v) is 7.60. The van der Waals surface area contributed by atoms with Crippen LogP contribution in [-0.2, 0) is 19.6 Å². The molecule has 2 fully saturated rings. The fourth-order valence-electron chi connectivity index (χ4n) is 3.72. The van der Waals surface area contributed by atoms with E-state index in [9.17, 15) is 13.2 Å². The van der Waals surface area contributed by atoms with E-state index in [2.05, 4.69) is 4.98 Å². The summed E-state index contributed by atoms with van der Waals surface area (Å²) in [5, 5.41) is 16.4. The first-order valence-electron chi connectivity index (χ1n) is 8.59. The number of aromatic nitrogens is 1. The van der Waals surface area contributed by atoms with Crippen molar-refractivity contribution in [2.75, 3.05) is 26.3 Å². The lowest BCUT2D eigenvalue weighted by Crippen LogP contribution is -2.52. The second-order valence-corrected chi connectivity index (χ2v) is 8.79. The first kappa shape index (κ1) is 19.2. The minimum Gasteiger partial charge on any atom is -0.381 e. The molecule has 1 aromatic heterocycles. The van der Waals surface area contributed by atoms with Gasteiger partial charge in [-0.05, 0) is 42.9 Å². The predicted molar refractivity (Wildman–Crippen MR) is 89.8 cm³/mol. The number of hydroxylamine groups is 2. The van der Waals surface area contributed by atoms with Gasteiger partial charge in [0.15, 0.2) is 0 Å². The molecule has 2 aliphatic heterocycles. The molecule has 2 N–H and O–H groups in total. The van der Waals surface area contributed by atoms with Crippen molar-refractivity contribution in [1.82, 2.24) is 14.5 Å². The number of pyridine rings is 1. The minimum atomic E-state index is -3.75. The first-order chi connectivity index (χ1) is 12.4. The summed E-state index contributed by atoms with van der Waals surface area (Å²) in [6.45, 7) is 0.816. The molecule has 3 heterocycles. The molecule has 2 atom stereocenters. The summed E-state index contributed by atoms with van der Waals surface area (Å²) in [5.41, 5.74) is 1.15. The summed E-state index contributed by atoms with van der Waals surface area (Å²) in [6, 6.07) is 3.89. The van der Waals surface area contributed by atoms with Gasteiger partial charge in [-0.25, -0.2) is 12.7 Å². The number of hydrogen-bond acceptors (Lipinski definition) is 7. The number of carbonyl (C=O) groups is 1. The average molecular weight is 385 g/mol. The van der Waals surface area contributed by atoms with Crippen LogP contribution in [0, 0.1) is 5.92 Å². The molecule has 0 aromatic carbocycles. The molecule has 10 heteroatoms. The van der Waals surface area contributed by atoms with Crippen molar-refractivity contribution in [2.45, 2.75) is 30.4 Å². The standard InChI is InChI=1S/C16H23N3O6S/c20-16(19(21)22)14-11-25-10-5-15(14)26(23,24)18-8-3-13(4-9-18)12-1-6-17-7-2-12/h1-2,6-7,13-15,21-22H,3-5,8-11H2. The molecule has 2 saturated heterocycles. The molecule has 0 aliphatic carbocycles. The first-order valence-corrected chi connectivity index (χ1v) is 10.1. The van der Waals surface area contributed by atoms with Gasteiger partial charge in [0.1, 0.15) is 0 Å². The van der Waals surface area contributed by atoms with Crippen molar-refractivity contribution < 1.29 is 28.4 Å². The normalized spacial score (nSPS) is 25.8. The van der Waals surface area contributed by atoms with Gasteiger partial charge in [0, 0.05) is 32.1 Å². The molecule has 1 amide bonds. The number of nitrogens with zero attached hydrogens (tertiary/aromatic N) is 3. The van der Waals surface area contributed by atoms with Gasteiger partial charge >= 0.3 is 0 Å². The molecule has 2 aliphatic rings. The van der Waals surface area contributed by atoms with Gasteiger partial charge in [0.2, 0.25) is 10.0 Å². The van der Waals surface area contributed by atoms with Crippen molar-refractivity contribution in [1.29, 1.82) is 0 Å². The van der Waals surface area contributed by atoms with E-state index in [4.69, 9.17) is 15.2 Å². The Bertz CT molecular complexity index is 719. The molecule has 2 unspecified atom stereocenters. The number of ether oxygens (including phenoxy) is 1. The smallest absolute Gasteiger partial charge is 0.279 e. The van der Waals surface area contributed by atoms with Crippen LogP contribution in [0.4, 0.5) is 0 Å². The van der Waals surface area contributed by atoms with Gasteiger partial charge in [0.05, 0.1) is 17.8 Å². The van der Waals surface area contributed by atoms with E-state index < -0.39 is 32.3 Å². The summed E-state index contributed by atoms with van der Waals surface area (Å²) in [6.07, 6.45) is 4.99. The summed E-state index contributed by atoms with van der Waals surface area (Å²) in [5.74, 6) is -1.91. The van der Waals surface area contributed by atoms with Gasteiger partial charge in [-0.1, -0.05) is 5.23 Å². The second kappa shape index (κ2) is 7.97. The van der Waals surface area contributed by atoms with Gasteiger partial charge in [-0.2, -0.15) is 0 Å². The highest BCUT2D eigenvalue weighted by Gasteiger charge is 2.45. The highest BCUT2D eigenvalue weighted by molar-refractivity contribution is 7.89. The third-order valence-electron chi connectivity index (χ3n) is 5.18. The maximum absolute atomic E-state index is 13.0. The van der Waals surface area contributed by atoms with Crippen LogP contribution in [0.1, 0.15) is 30.7 Å². The summed E-state index contributed by atoms with van der Waals surface area (Å²) in [4.78, 5) is 15.9. The van der Waals surface area contributed by atoms with E-state index in [0.717, 1.165) is 5.56 Å². The van der Waals surface area contributed by atoms with Crippen LogP contribution >= 0.6 is 0 Å². The topological polar surface area (TPSA) is 120 Å². The molecule has 0 radical (unpaired) electrons. The minimum absolute atomic E-state index is 0.145. The Labute approximate surface area is 152 Å². The molecule has 9 nitrogen and oxygen atoms in total. The van der Waals surface area contributed by atoms with E-state index in [1.165, 1.54) is 4.31 Å². The van der Waals surface area contributed by atoms with Crippen molar-refractivity contribution in [3.63, 3.8) is 0 Å². The fourth-order valence-corrected chi connectivity index (χ4v) is 5.83. The predicted octanol–water partition coefficient (Wildman–Crippen LogP) is 0.603. The Balaban J connectivity index is 1.71. The molecule has 3 rings (SSSR count). The van der Waals surface area contributed by atoms with E-state index in [1.807, 2.05) is 12.1 Å². The largest absolute Gasteiger partial charge is 0.381 e. The molecule has 0 saturated carbocycles. The summed E-state index contributed by atoms with van der Waals surface area (Å²) >= 11 is 0. The van der Waals surface area contributed by atoms with E-state index >= 15 is 0 Å². The Morgan fingerprint density at radius 3 is 2.46 bits per heavy atom. The fraction of sp³-hybridized carbons (Fsp3) is 0.625. The molecule has 1 aromatic rings. The van der Waals surface area contributed by atoms with Gasteiger partial charge in [-0.3, -0.25) is 20.2 Å². The molecule has 26 heavy (non-hydrogen) atoms. The Morgan fingerprint density at radius 2 is 1.85 bits per heavy atom. The maximum Gasteiger partial charge on any atom is 0.279 e. The molecular weight excluding hydrogens is 362 g/mol. The van der Waals surface area contributed by atoms with Crippen LogP contribution in [0.3, 0.4) is 0 Å². The van der Waals surface area contributed by atoms with Crippen LogP contribution in [0.2, 0.25) is 0 Å². The van der Waals surface area contributed by atoms with Gasteiger partial charge in [-0.15, -0.1) is 0 Å². The number of rotatable bonds is 4. The number of hydrogen-bond donors (Lipinski definition) is 2. The molecule has 0 bridgehead atoms. The van der Waals surface area contributed by atoms with E-state index in [0.29, 0.717) is 25.9 Å². The zero-order chi connectivity index (χ0) is 18.7. The number of carbonyl (C=O) groups excluding carboxylic acids is 1. The zero-order valence-corrected chi connectivity index (χ0v) is 15.1. The quantitative estimate of drug-likeness (QED) is 0.575. The zero-order valence-electron chi connectivity index (χ0n) is 14.3. The van der Waals surface area contributed by atoms with Crippen LogP contribution < -0.4 is 0 Å². The van der Waals surface area contributed by atoms with Crippen LogP contribution in [0.15, 0.2) is 24.5 Å². The summed E-state index contributed by atoms with van der Waals surface area (Å²) < 4.78 is 32.7. The van der Waals surface area contributed by atoms with Crippen LogP contribution in [0.25, 0.3) is 0 Å². The molecular formula is C16H23N3O6S. The third kappa shape index (κ3) is 3.89. The van der Waals surface area contributed by atoms with E-state index in [-0.39, 0.29) is 25.6 Å². The SMILES string of the molecule is O=C(C1COCCC1S(=O)(=O)N1CCC(c2ccncc2)CC1)N(O)O. The Morgan fingerprint density at radius 1 is 1.19 bits per heavy atom. The van der Waals surface area contributed by atoms with Crippen molar-refractivity contribution >= 4 is 15.9 Å². The Hall–Kier alpha value is -1.59. The molecule has 0 spiro atoms. The van der Waals surface area contributed by atoms with Crippen molar-refractivity contribution in [2.24, 2.45) is 5.92 Å². The monoisotopic (exact) mass is 385 g/mol. The summed E-state index contributed by atoms with van der Waals surface area (Å²) in [7, 11) is -3.75. The second-order valence-electron chi connectivity index (χ2n) is 6.64. The van der Waals surface area contributed by atoms with Crippen molar-refractivity contribution in [3.05, 3.63) is 30.1 Å². The maximum atomic E-state index is 13.0. The van der Waals surface area contributed by atoms with E-state index in [1.54, 1.807) is 12.4 Å². The molecule has 144 valence electrons. The lowest BCUT2D eigenvalue weighted by atomic mass is 9.91. The number of piperidine rings is 1. The van der Waals surface area contributed by atoms with Crippen molar-refractivity contribution in [3.8, 4) is 0 Å². The lowest BCUT2D eigenvalue weighted by Gasteiger charge is -2.37. The van der Waals surface area contributed by atoms with Crippen LogP contribution in [-0.4, -0.2) is 70.8 Å². The Kier molecular flexibility index (Phi) is 5.88. The highest BCUT2D eigenvalue weighted by atomic mass is 32.2. The average Bonchev–Trinajstić information content (AvgIpc) is 2.68. The van der Waals surface area contributed by atoms with Gasteiger partial charge in [0.25, 0.3) is 5.91 Å². The number of sulfonamides is 1. The number of amides is 1. The van der Waals surface area contributed by atoms with Gasteiger partial charge < -0.3 is 4.74 Å². The lowest BCUT2D eigenvalue weighted by molar-refractivity contribution is -0.289.